The van der Waals surface area contributed by atoms with Crippen LogP contribution < -0.4 is 5.32 Å². The first-order valence-corrected chi connectivity index (χ1v) is 6.94. The molecule has 2 atom stereocenters. The Morgan fingerprint density at radius 3 is 2.86 bits per heavy atom. The number of nitrogens with one attached hydrogen (secondary N) is 1. The molecule has 1 aromatic carbocycles. The zero-order valence-electron chi connectivity index (χ0n) is 11.5. The second-order valence-corrected chi connectivity index (χ2v) is 5.54. The largest absolute Gasteiger partial charge is 0.481 e. The average molecular weight is 315 g/mol. The molecular weight excluding hydrogens is 299 g/mol. The molecule has 5 nitrogen and oxygen atoms in total. The lowest BCUT2D eigenvalue weighted by Crippen LogP contribution is -2.39. The maximum Gasteiger partial charge on any atom is 0.317 e. The number of nitrogens with zero attached hydrogens (tertiary/aromatic N) is 1. The summed E-state index contributed by atoms with van der Waals surface area (Å²) in [6.07, 6.45) is 0.639. The molecule has 7 heteroatoms. The lowest BCUT2D eigenvalue weighted by Gasteiger charge is -2.17. The molecule has 0 heterocycles. The van der Waals surface area contributed by atoms with Gasteiger partial charge in [-0.2, -0.15) is 0 Å². The van der Waals surface area contributed by atoms with Gasteiger partial charge >= 0.3 is 12.0 Å². The monoisotopic (exact) mass is 314 g/mol. The van der Waals surface area contributed by atoms with E-state index >= 15 is 0 Å². The molecule has 1 aromatic rings. The van der Waals surface area contributed by atoms with Gasteiger partial charge in [-0.05, 0) is 24.1 Å². The first-order valence-electron chi connectivity index (χ1n) is 6.57. The molecule has 0 radical (unpaired) electrons. The smallest absolute Gasteiger partial charge is 0.317 e. The normalized spacial score (nSPS) is 20.0. The molecule has 1 saturated carbocycles. The van der Waals surface area contributed by atoms with Crippen LogP contribution >= 0.6 is 11.6 Å². The highest BCUT2D eigenvalue weighted by molar-refractivity contribution is 6.30. The van der Waals surface area contributed by atoms with E-state index in [4.69, 9.17) is 16.7 Å². The quantitative estimate of drug-likeness (QED) is 0.877. The van der Waals surface area contributed by atoms with Gasteiger partial charge in [0.1, 0.15) is 5.82 Å². The lowest BCUT2D eigenvalue weighted by molar-refractivity contribution is -0.137. The van der Waals surface area contributed by atoms with Crippen molar-refractivity contribution in [3.05, 3.63) is 34.6 Å². The SMILES string of the molecule is CN(CCC(=O)O)C(=O)N[C@@H]1C[C@H]1c1ccc(Cl)c(F)c1. The second-order valence-electron chi connectivity index (χ2n) is 5.14. The summed E-state index contributed by atoms with van der Waals surface area (Å²) in [5, 5.41) is 11.4. The highest BCUT2D eigenvalue weighted by Crippen LogP contribution is 2.41. The second kappa shape index (κ2) is 6.30. The van der Waals surface area contributed by atoms with Crippen LogP contribution in [0.5, 0.6) is 0 Å². The van der Waals surface area contributed by atoms with Crippen molar-refractivity contribution in [2.24, 2.45) is 0 Å². The van der Waals surface area contributed by atoms with Crippen LogP contribution in [0.2, 0.25) is 5.02 Å². The van der Waals surface area contributed by atoms with Gasteiger partial charge in [0, 0.05) is 25.6 Å². The van der Waals surface area contributed by atoms with Crippen molar-refractivity contribution in [1.82, 2.24) is 10.2 Å². The molecule has 1 aliphatic carbocycles. The van der Waals surface area contributed by atoms with Crippen LogP contribution in [0.25, 0.3) is 0 Å². The molecule has 0 aliphatic heterocycles. The number of aliphatic carboxylic acids is 1. The lowest BCUT2D eigenvalue weighted by atomic mass is 10.1. The number of carbonyl (C=O) groups is 2. The predicted molar refractivity (Wildman–Crippen MR) is 76.0 cm³/mol. The first-order chi connectivity index (χ1) is 9.88. The van der Waals surface area contributed by atoms with E-state index in [0.717, 1.165) is 12.0 Å². The van der Waals surface area contributed by atoms with Crippen molar-refractivity contribution in [2.45, 2.75) is 24.8 Å². The fourth-order valence-electron chi connectivity index (χ4n) is 2.10. The maximum atomic E-state index is 13.4. The van der Waals surface area contributed by atoms with E-state index in [1.54, 1.807) is 6.07 Å². The van der Waals surface area contributed by atoms with Gasteiger partial charge in [-0.1, -0.05) is 17.7 Å². The Morgan fingerprint density at radius 1 is 1.52 bits per heavy atom. The van der Waals surface area contributed by atoms with Crippen LogP contribution in [-0.2, 0) is 4.79 Å². The minimum Gasteiger partial charge on any atom is -0.481 e. The van der Waals surface area contributed by atoms with Gasteiger partial charge in [0.15, 0.2) is 0 Å². The number of carboxylic acids is 1. The maximum absolute atomic E-state index is 13.4. The predicted octanol–water partition coefficient (Wildman–Crippen LogP) is 2.45. The van der Waals surface area contributed by atoms with Gasteiger partial charge in [-0.25, -0.2) is 9.18 Å². The number of rotatable bonds is 5. The number of urea groups is 1. The summed E-state index contributed by atoms with van der Waals surface area (Å²) in [4.78, 5) is 23.6. The summed E-state index contributed by atoms with van der Waals surface area (Å²) in [7, 11) is 1.54. The van der Waals surface area contributed by atoms with E-state index in [1.165, 1.54) is 24.1 Å². The van der Waals surface area contributed by atoms with Crippen molar-refractivity contribution in [3.8, 4) is 0 Å². The molecule has 0 saturated heterocycles. The van der Waals surface area contributed by atoms with E-state index in [0.29, 0.717) is 0 Å². The van der Waals surface area contributed by atoms with Crippen LogP contribution in [0.15, 0.2) is 18.2 Å². The minimum atomic E-state index is -0.949. The van der Waals surface area contributed by atoms with Gasteiger partial charge in [-0.3, -0.25) is 4.79 Å². The Kier molecular flexibility index (Phi) is 4.67. The standard InChI is InChI=1S/C14H16ClFN2O3/c1-18(5-4-13(19)20)14(21)17-12-7-9(12)8-2-3-10(15)11(16)6-8/h2-3,6,9,12H,4-5,7H2,1H3,(H,17,21)(H,19,20)/t9-,12+/m0/s1. The van der Waals surface area contributed by atoms with Crippen LogP contribution in [-0.4, -0.2) is 41.6 Å². The number of amides is 2. The molecule has 1 fully saturated rings. The summed E-state index contributed by atoms with van der Waals surface area (Å²) < 4.78 is 13.4. The van der Waals surface area contributed by atoms with Crippen LogP contribution in [0, 0.1) is 5.82 Å². The third-order valence-corrected chi connectivity index (χ3v) is 3.79. The molecule has 2 amide bonds. The number of carboxylic acid groups (broad SMARTS) is 1. The molecule has 0 bridgehead atoms. The Balaban J connectivity index is 1.84. The topological polar surface area (TPSA) is 69.6 Å². The van der Waals surface area contributed by atoms with Gasteiger partial charge in [0.05, 0.1) is 11.4 Å². The van der Waals surface area contributed by atoms with E-state index in [2.05, 4.69) is 5.32 Å². The summed E-state index contributed by atoms with van der Waals surface area (Å²) >= 11 is 5.63. The van der Waals surface area contributed by atoms with Gasteiger partial charge in [-0.15, -0.1) is 0 Å². The summed E-state index contributed by atoms with van der Waals surface area (Å²) in [6, 6.07) is 4.26. The van der Waals surface area contributed by atoms with Crippen LogP contribution in [0.4, 0.5) is 9.18 Å². The number of hydrogen-bond acceptors (Lipinski definition) is 2. The van der Waals surface area contributed by atoms with E-state index < -0.39 is 11.8 Å². The number of halogens is 2. The highest BCUT2D eigenvalue weighted by atomic mass is 35.5. The molecule has 0 aromatic heterocycles. The van der Waals surface area contributed by atoms with Crippen molar-refractivity contribution < 1.29 is 19.1 Å². The summed E-state index contributed by atoms with van der Waals surface area (Å²) in [6.45, 7) is 0.147. The van der Waals surface area contributed by atoms with Crippen LogP contribution in [0.1, 0.15) is 24.3 Å². The van der Waals surface area contributed by atoms with Crippen molar-refractivity contribution in [1.29, 1.82) is 0 Å². The Labute approximate surface area is 126 Å². The fourth-order valence-corrected chi connectivity index (χ4v) is 2.22. The Morgan fingerprint density at radius 2 is 2.24 bits per heavy atom. The third-order valence-electron chi connectivity index (χ3n) is 3.48. The van der Waals surface area contributed by atoms with Gasteiger partial charge in [0.2, 0.25) is 0 Å². The van der Waals surface area contributed by atoms with Gasteiger partial charge < -0.3 is 15.3 Å². The molecule has 1 aliphatic rings. The van der Waals surface area contributed by atoms with Crippen molar-refractivity contribution in [3.63, 3.8) is 0 Å². The number of carbonyl (C=O) groups excluding carboxylic acids is 1. The molecular formula is C14H16ClFN2O3. The fraction of sp³-hybridized carbons (Fsp3) is 0.429. The molecule has 0 unspecified atom stereocenters. The van der Waals surface area contributed by atoms with Crippen molar-refractivity contribution >= 4 is 23.6 Å². The molecule has 2 N–H and O–H groups in total. The third kappa shape index (κ3) is 4.07. The Bertz CT molecular complexity index is 567. The molecule has 2 rings (SSSR count). The molecule has 114 valence electrons. The molecule has 21 heavy (non-hydrogen) atoms. The van der Waals surface area contributed by atoms with Crippen LogP contribution in [0.3, 0.4) is 0 Å². The highest BCUT2D eigenvalue weighted by Gasteiger charge is 2.40. The van der Waals surface area contributed by atoms with E-state index in [1.807, 2.05) is 0 Å². The van der Waals surface area contributed by atoms with E-state index in [-0.39, 0.29) is 36.0 Å². The van der Waals surface area contributed by atoms with E-state index in [9.17, 15) is 14.0 Å². The zero-order valence-corrected chi connectivity index (χ0v) is 12.2. The zero-order chi connectivity index (χ0) is 15.6. The minimum absolute atomic E-state index is 0.0506. The number of benzene rings is 1. The molecule has 0 spiro atoms. The van der Waals surface area contributed by atoms with Crippen molar-refractivity contribution in [2.75, 3.05) is 13.6 Å². The first kappa shape index (κ1) is 15.6. The average Bonchev–Trinajstić information content (AvgIpc) is 3.18. The Hall–Kier alpha value is -1.82. The summed E-state index contributed by atoms with van der Waals surface area (Å²) in [5.41, 5.74) is 0.801. The summed E-state index contributed by atoms with van der Waals surface area (Å²) in [5.74, 6) is -1.34. The number of hydrogen-bond donors (Lipinski definition) is 2. The van der Waals surface area contributed by atoms with Gasteiger partial charge in [0.25, 0.3) is 0 Å².